The van der Waals surface area contributed by atoms with Crippen molar-refractivity contribution in [2.45, 2.75) is 107 Å². The Hall–Kier alpha value is -2.74. The van der Waals surface area contributed by atoms with Crippen LogP contribution in [0.4, 0.5) is 5.73 Å². The first-order valence-electron chi connectivity index (χ1n) is 16.4. The van der Waals surface area contributed by atoms with E-state index in [1.165, 1.54) is 27.9 Å². The van der Waals surface area contributed by atoms with Crippen molar-refractivity contribution in [2.24, 2.45) is 9.98 Å². The molecule has 2 aromatic rings. The van der Waals surface area contributed by atoms with Crippen molar-refractivity contribution in [3.63, 3.8) is 0 Å². The van der Waals surface area contributed by atoms with Gasteiger partial charge in [0.1, 0.15) is 0 Å². The Morgan fingerprint density at radius 1 is 0.488 bits per heavy atom. The second-order valence-electron chi connectivity index (χ2n) is 11.7. The molecule has 0 radical (unpaired) electrons. The average Bonchev–Trinajstić information content (AvgIpc) is 3.69. The zero-order valence-electron chi connectivity index (χ0n) is 27.0. The van der Waals surface area contributed by atoms with Crippen LogP contribution in [0.25, 0.3) is 24.3 Å². The summed E-state index contributed by atoms with van der Waals surface area (Å²) >= 11 is -6.47. The topological polar surface area (TPSA) is 34.6 Å². The fourth-order valence-electron chi connectivity index (χ4n) is 8.00. The summed E-state index contributed by atoms with van der Waals surface area (Å²) < 4.78 is 39.3. The molecule has 0 aliphatic carbocycles. The van der Waals surface area contributed by atoms with E-state index in [1.54, 1.807) is 0 Å². The van der Waals surface area contributed by atoms with Gasteiger partial charge in [0, 0.05) is 0 Å². The summed E-state index contributed by atoms with van der Waals surface area (Å²) in [7, 11) is 0. The van der Waals surface area contributed by atoms with Crippen molar-refractivity contribution in [1.82, 2.24) is 5.58 Å². The van der Waals surface area contributed by atoms with Gasteiger partial charge in [0.25, 0.3) is 0 Å². The normalized spacial score (nSPS) is 18.3. The van der Waals surface area contributed by atoms with Gasteiger partial charge >= 0.3 is 262 Å². The Labute approximate surface area is 260 Å². The third-order valence-corrected chi connectivity index (χ3v) is 15.7. The maximum atomic E-state index is 18.1. The van der Waals surface area contributed by atoms with Crippen molar-refractivity contribution >= 4 is 55.8 Å². The van der Waals surface area contributed by atoms with Crippen LogP contribution in [0.1, 0.15) is 115 Å². The molecule has 226 valence electrons. The maximum absolute atomic E-state index is 18.1. The number of halogens is 2. The van der Waals surface area contributed by atoms with Crippen LogP contribution in [0.5, 0.6) is 0 Å². The Morgan fingerprint density at radius 3 is 1.19 bits per heavy atom. The van der Waals surface area contributed by atoms with E-state index in [0.29, 0.717) is 47.8 Å². The molecule has 6 bridgehead atoms. The fourth-order valence-corrected chi connectivity index (χ4v) is 14.2. The van der Waals surface area contributed by atoms with Crippen LogP contribution in [-0.2, 0) is 25.7 Å². The van der Waals surface area contributed by atoms with Gasteiger partial charge in [0.2, 0.25) is 0 Å². The first-order valence-corrected chi connectivity index (χ1v) is 21.1. The van der Waals surface area contributed by atoms with Crippen LogP contribution < -0.4 is 10.7 Å². The van der Waals surface area contributed by atoms with E-state index in [1.807, 2.05) is 24.3 Å². The first kappa shape index (κ1) is 30.3. The monoisotopic (exact) mass is 690 g/mol. The SMILES string of the molecule is CCC1=C(CC)C2=NC1=Cc1c(CC)c(CC)c3[n]1[Sn]([F])([F])[n]1c(c(CC)c(CC)c1=CC1=NC(=C3)C(CC)=C1CC)=C2. The number of aliphatic imine (C=N–C) groups is 2. The van der Waals surface area contributed by atoms with E-state index in [2.05, 4.69) is 55.4 Å². The zero-order valence-corrected chi connectivity index (χ0v) is 29.9. The molecule has 0 fully saturated rings. The Morgan fingerprint density at radius 2 is 0.860 bits per heavy atom. The van der Waals surface area contributed by atoms with Crippen molar-refractivity contribution in [2.75, 3.05) is 0 Å². The van der Waals surface area contributed by atoms with Gasteiger partial charge in [-0.25, -0.2) is 0 Å². The Balaban J connectivity index is 1.96. The number of nitrogens with zero attached hydrogens (tertiary/aromatic N) is 4. The Bertz CT molecular complexity index is 1740. The predicted molar refractivity (Wildman–Crippen MR) is 179 cm³/mol. The van der Waals surface area contributed by atoms with Crippen LogP contribution in [0, 0.1) is 0 Å². The molecule has 0 atom stereocenters. The van der Waals surface area contributed by atoms with E-state index in [-0.39, 0.29) is 0 Å². The van der Waals surface area contributed by atoms with Crippen LogP contribution in [0.15, 0.2) is 43.7 Å². The fraction of sp³-hybridized carbons (Fsp3) is 0.444. The molecule has 0 saturated carbocycles. The quantitative estimate of drug-likeness (QED) is 0.255. The third kappa shape index (κ3) is 4.25. The van der Waals surface area contributed by atoms with Gasteiger partial charge in [-0.3, -0.25) is 0 Å². The van der Waals surface area contributed by atoms with Gasteiger partial charge in [-0.15, -0.1) is 0 Å². The molecule has 4 aliphatic rings. The first-order chi connectivity index (χ1) is 20.7. The summed E-state index contributed by atoms with van der Waals surface area (Å²) in [6, 6.07) is 0. The summed E-state index contributed by atoms with van der Waals surface area (Å²) in [5.41, 5.74) is 13.5. The standard InChI is InChI=1S/C36H44N4.2FH.Sn/c1-9-21-22(10-2)30-18-32-25(13-5)26(14-6)34(39-32)20-36-28(16-8)27(15-7)35(40-36)19-33-24(12-4)23(11-3)31(38-33)17-29(21)37-30;;;/h17-20H,9-16H2,1-8H3;2*1H;/q-2;;;+4/p-2. The minimum atomic E-state index is -6.47. The summed E-state index contributed by atoms with van der Waals surface area (Å²) in [5.74, 6) is 0. The molecule has 6 rings (SSSR count). The number of allylic oxidation sites excluding steroid dienone is 4. The molecule has 0 saturated heterocycles. The van der Waals surface area contributed by atoms with Crippen molar-refractivity contribution < 1.29 is 5.73 Å². The molecule has 43 heavy (non-hydrogen) atoms. The summed E-state index contributed by atoms with van der Waals surface area (Å²) in [6.07, 6.45) is 14.0. The predicted octanol–water partition coefficient (Wildman–Crippen LogP) is 7.72. The van der Waals surface area contributed by atoms with Gasteiger partial charge in [0.15, 0.2) is 0 Å². The Kier molecular flexibility index (Phi) is 7.97. The van der Waals surface area contributed by atoms with E-state index in [4.69, 9.17) is 9.98 Å². The molecule has 0 spiro atoms. The van der Waals surface area contributed by atoms with Crippen molar-refractivity contribution in [1.29, 1.82) is 0 Å². The van der Waals surface area contributed by atoms with Gasteiger partial charge in [-0.2, -0.15) is 0 Å². The molecule has 0 unspecified atom stereocenters. The minimum absolute atomic E-state index is 0.650. The van der Waals surface area contributed by atoms with Crippen LogP contribution in [0.2, 0.25) is 0 Å². The molecular formula is C36H44F2N4Sn. The van der Waals surface area contributed by atoms with E-state index in [9.17, 15) is 0 Å². The molecule has 4 nitrogen and oxygen atoms in total. The van der Waals surface area contributed by atoms with Crippen LogP contribution in [0.3, 0.4) is 0 Å². The second-order valence-corrected chi connectivity index (χ2v) is 17.2. The van der Waals surface area contributed by atoms with Crippen molar-refractivity contribution in [3.8, 4) is 0 Å². The summed E-state index contributed by atoms with van der Waals surface area (Å²) in [6.45, 7) is 17.0. The molecular weight excluding hydrogens is 645 g/mol. The summed E-state index contributed by atoms with van der Waals surface area (Å²) in [4.78, 5) is 10.4. The summed E-state index contributed by atoms with van der Waals surface area (Å²) in [5, 5.41) is 1.30. The van der Waals surface area contributed by atoms with Gasteiger partial charge < -0.3 is 0 Å². The zero-order chi connectivity index (χ0) is 30.8. The number of rotatable bonds is 8. The van der Waals surface area contributed by atoms with Gasteiger partial charge in [0.05, 0.1) is 0 Å². The second kappa shape index (κ2) is 11.3. The molecule has 0 amide bonds. The number of hydrogen-bond acceptors (Lipinski definition) is 2. The van der Waals surface area contributed by atoms with E-state index < -0.39 is 20.1 Å². The number of aromatic nitrogens is 2. The number of fused-ring (bicyclic) bond motifs is 2. The van der Waals surface area contributed by atoms with Crippen LogP contribution >= 0.6 is 0 Å². The van der Waals surface area contributed by atoms with Gasteiger partial charge in [-0.1, -0.05) is 0 Å². The number of hydrogen-bond donors (Lipinski definition) is 0. The molecule has 4 aliphatic heterocycles. The molecule has 0 N–H and O–H groups in total. The molecule has 6 heterocycles. The van der Waals surface area contributed by atoms with E-state index in [0.717, 1.165) is 70.8 Å². The molecule has 7 heteroatoms. The molecule has 2 aromatic heterocycles. The molecule has 0 aromatic carbocycles. The van der Waals surface area contributed by atoms with E-state index >= 15 is 5.73 Å². The van der Waals surface area contributed by atoms with Gasteiger partial charge in [-0.05, 0) is 0 Å². The van der Waals surface area contributed by atoms with Crippen molar-refractivity contribution in [3.05, 3.63) is 78.0 Å². The average molecular weight is 689 g/mol. The third-order valence-electron chi connectivity index (χ3n) is 9.84. The van der Waals surface area contributed by atoms with Crippen LogP contribution in [-0.4, -0.2) is 37.1 Å².